The summed E-state index contributed by atoms with van der Waals surface area (Å²) in [4.78, 5) is 15.5. The highest BCUT2D eigenvalue weighted by Gasteiger charge is 2.08. The fourth-order valence-electron chi connectivity index (χ4n) is 1.55. The summed E-state index contributed by atoms with van der Waals surface area (Å²) in [6, 6.07) is 3.51. The van der Waals surface area contributed by atoms with Gasteiger partial charge in [-0.05, 0) is 26.8 Å². The van der Waals surface area contributed by atoms with Gasteiger partial charge in [-0.1, -0.05) is 0 Å². The molecule has 2 rings (SSSR count). The molecule has 0 amide bonds. The molecule has 0 N–H and O–H groups in total. The van der Waals surface area contributed by atoms with Gasteiger partial charge in [0.2, 0.25) is 5.88 Å². The number of hydrogen-bond donors (Lipinski definition) is 0. The van der Waals surface area contributed by atoms with E-state index in [1.54, 1.807) is 36.1 Å². The molecular weight excluding hydrogens is 258 g/mol. The van der Waals surface area contributed by atoms with Crippen molar-refractivity contribution in [1.29, 1.82) is 0 Å². The molecule has 6 heteroatoms. The Balaban J connectivity index is 2.04. The van der Waals surface area contributed by atoms with E-state index in [1.807, 2.05) is 13.8 Å². The summed E-state index contributed by atoms with van der Waals surface area (Å²) in [5.41, 5.74) is 0.400. The molecule has 0 unspecified atom stereocenters. The number of rotatable bonds is 5. The fourth-order valence-corrected chi connectivity index (χ4v) is 1.55. The third kappa shape index (κ3) is 3.34. The first-order valence-electron chi connectivity index (χ1n) is 6.45. The maximum Gasteiger partial charge on any atom is 0.339 e. The second kappa shape index (κ2) is 6.18. The zero-order chi connectivity index (χ0) is 14.5. The van der Waals surface area contributed by atoms with Crippen molar-refractivity contribution in [2.75, 3.05) is 6.61 Å². The molecule has 106 valence electrons. The van der Waals surface area contributed by atoms with Crippen molar-refractivity contribution in [2.24, 2.45) is 0 Å². The molecule has 0 aliphatic rings. The van der Waals surface area contributed by atoms with Crippen LogP contribution in [0, 0.1) is 0 Å². The average Bonchev–Trinajstić information content (AvgIpc) is 2.88. The van der Waals surface area contributed by atoms with Gasteiger partial charge >= 0.3 is 5.97 Å². The molecule has 0 bridgehead atoms. The Morgan fingerprint density at radius 3 is 2.70 bits per heavy atom. The lowest BCUT2D eigenvalue weighted by Gasteiger charge is -2.04. The molecule has 0 radical (unpaired) electrons. The van der Waals surface area contributed by atoms with Crippen LogP contribution >= 0.6 is 0 Å². The Kier molecular flexibility index (Phi) is 4.34. The summed E-state index contributed by atoms with van der Waals surface area (Å²) < 4.78 is 12.2. The minimum Gasteiger partial charge on any atom is -0.462 e. The van der Waals surface area contributed by atoms with Gasteiger partial charge in [0.15, 0.2) is 5.75 Å². The Morgan fingerprint density at radius 2 is 2.15 bits per heavy atom. The van der Waals surface area contributed by atoms with Crippen molar-refractivity contribution >= 4 is 5.97 Å². The fraction of sp³-hybridized carbons (Fsp3) is 0.357. The van der Waals surface area contributed by atoms with Gasteiger partial charge in [0.25, 0.3) is 0 Å². The first kappa shape index (κ1) is 14.0. The van der Waals surface area contributed by atoms with Gasteiger partial charge in [-0.3, -0.25) is 4.68 Å². The summed E-state index contributed by atoms with van der Waals surface area (Å²) in [5, 5.41) is 4.17. The van der Waals surface area contributed by atoms with E-state index in [-0.39, 0.29) is 12.0 Å². The lowest BCUT2D eigenvalue weighted by molar-refractivity contribution is 0.0526. The summed E-state index contributed by atoms with van der Waals surface area (Å²) in [5.74, 6) is 0.621. The Hall–Kier alpha value is -2.37. The van der Waals surface area contributed by atoms with Crippen LogP contribution in [0.25, 0.3) is 0 Å². The van der Waals surface area contributed by atoms with Crippen LogP contribution in [0.5, 0.6) is 11.6 Å². The smallest absolute Gasteiger partial charge is 0.339 e. The molecule has 2 aromatic rings. The van der Waals surface area contributed by atoms with Gasteiger partial charge in [0.1, 0.15) is 0 Å². The Morgan fingerprint density at radius 1 is 1.35 bits per heavy atom. The maximum absolute atomic E-state index is 11.5. The van der Waals surface area contributed by atoms with E-state index in [0.717, 1.165) is 0 Å². The second-order valence-corrected chi connectivity index (χ2v) is 4.46. The van der Waals surface area contributed by atoms with Crippen LogP contribution in [-0.2, 0) is 4.74 Å². The van der Waals surface area contributed by atoms with E-state index in [2.05, 4.69) is 10.1 Å². The molecule has 0 aliphatic carbocycles. The first-order valence-corrected chi connectivity index (χ1v) is 6.45. The number of carbonyl (C=O) groups excluding carboxylic acids is 1. The first-order chi connectivity index (χ1) is 9.60. The number of pyridine rings is 1. The summed E-state index contributed by atoms with van der Waals surface area (Å²) >= 11 is 0. The van der Waals surface area contributed by atoms with Gasteiger partial charge in [0.05, 0.1) is 24.6 Å². The van der Waals surface area contributed by atoms with Crippen LogP contribution in [-0.4, -0.2) is 27.3 Å². The van der Waals surface area contributed by atoms with Gasteiger partial charge < -0.3 is 9.47 Å². The molecule has 0 aromatic carbocycles. The molecule has 0 fully saturated rings. The third-order valence-electron chi connectivity index (χ3n) is 2.58. The van der Waals surface area contributed by atoms with Crippen molar-refractivity contribution in [2.45, 2.75) is 26.8 Å². The number of esters is 1. The van der Waals surface area contributed by atoms with Crippen LogP contribution in [0.15, 0.2) is 30.7 Å². The summed E-state index contributed by atoms with van der Waals surface area (Å²) in [6.45, 7) is 6.16. The Bertz CT molecular complexity index is 576. The standard InChI is InChI=1S/C14H17N3O3/c1-4-19-14(18)11-5-6-13(15-7-11)20-12-8-16-17(9-12)10(2)3/h5-10H,4H2,1-3H3. The van der Waals surface area contributed by atoms with Crippen LogP contribution in [0.1, 0.15) is 37.2 Å². The quantitative estimate of drug-likeness (QED) is 0.785. The average molecular weight is 275 g/mol. The van der Waals surface area contributed by atoms with Crippen molar-refractivity contribution in [3.05, 3.63) is 36.3 Å². The maximum atomic E-state index is 11.5. The Labute approximate surface area is 117 Å². The van der Waals surface area contributed by atoms with Crippen molar-refractivity contribution < 1.29 is 14.3 Å². The van der Waals surface area contributed by atoms with Crippen molar-refractivity contribution in [3.63, 3.8) is 0 Å². The van der Waals surface area contributed by atoms with Crippen molar-refractivity contribution in [3.8, 4) is 11.6 Å². The largest absolute Gasteiger partial charge is 0.462 e. The molecule has 0 spiro atoms. The lowest BCUT2D eigenvalue weighted by atomic mass is 10.3. The highest BCUT2D eigenvalue weighted by atomic mass is 16.5. The minimum atomic E-state index is -0.390. The van der Waals surface area contributed by atoms with Crippen LogP contribution in [0.4, 0.5) is 0 Å². The van der Waals surface area contributed by atoms with Gasteiger partial charge in [-0.2, -0.15) is 5.10 Å². The topological polar surface area (TPSA) is 66.2 Å². The van der Waals surface area contributed by atoms with E-state index >= 15 is 0 Å². The van der Waals surface area contributed by atoms with E-state index < -0.39 is 0 Å². The number of nitrogens with zero attached hydrogens (tertiary/aromatic N) is 3. The predicted octanol–water partition coefficient (Wildman–Crippen LogP) is 2.83. The predicted molar refractivity (Wildman–Crippen MR) is 72.9 cm³/mol. The zero-order valence-corrected chi connectivity index (χ0v) is 11.7. The van der Waals surface area contributed by atoms with E-state index in [1.165, 1.54) is 6.20 Å². The van der Waals surface area contributed by atoms with E-state index in [4.69, 9.17) is 9.47 Å². The number of hydrogen-bond acceptors (Lipinski definition) is 5. The van der Waals surface area contributed by atoms with Crippen LogP contribution in [0.2, 0.25) is 0 Å². The van der Waals surface area contributed by atoms with Crippen LogP contribution in [0.3, 0.4) is 0 Å². The normalized spacial score (nSPS) is 10.6. The molecular formula is C14H17N3O3. The third-order valence-corrected chi connectivity index (χ3v) is 2.58. The van der Waals surface area contributed by atoms with Gasteiger partial charge in [-0.15, -0.1) is 0 Å². The second-order valence-electron chi connectivity index (χ2n) is 4.46. The summed E-state index contributed by atoms with van der Waals surface area (Å²) in [6.07, 6.45) is 4.85. The lowest BCUT2D eigenvalue weighted by Crippen LogP contribution is -2.04. The number of carbonyl (C=O) groups is 1. The molecule has 0 saturated carbocycles. The van der Waals surface area contributed by atoms with E-state index in [0.29, 0.717) is 23.8 Å². The molecule has 0 aliphatic heterocycles. The molecule has 0 atom stereocenters. The summed E-state index contributed by atoms with van der Waals surface area (Å²) in [7, 11) is 0. The van der Waals surface area contributed by atoms with Crippen molar-refractivity contribution in [1.82, 2.24) is 14.8 Å². The number of ether oxygens (including phenoxy) is 2. The zero-order valence-electron chi connectivity index (χ0n) is 11.7. The molecule has 20 heavy (non-hydrogen) atoms. The minimum absolute atomic E-state index is 0.270. The van der Waals surface area contributed by atoms with Gasteiger partial charge in [0, 0.05) is 18.3 Å². The number of aromatic nitrogens is 3. The van der Waals surface area contributed by atoms with E-state index in [9.17, 15) is 4.79 Å². The molecule has 2 heterocycles. The monoisotopic (exact) mass is 275 g/mol. The highest BCUT2D eigenvalue weighted by Crippen LogP contribution is 2.20. The molecule has 2 aromatic heterocycles. The van der Waals surface area contributed by atoms with Gasteiger partial charge in [-0.25, -0.2) is 9.78 Å². The molecule has 0 saturated heterocycles. The SMILES string of the molecule is CCOC(=O)c1ccc(Oc2cnn(C(C)C)c2)nc1. The van der Waals surface area contributed by atoms with Crippen LogP contribution < -0.4 is 4.74 Å². The molecule has 6 nitrogen and oxygen atoms in total. The highest BCUT2D eigenvalue weighted by molar-refractivity contribution is 5.89.